The Balaban J connectivity index is 2.33. The topological polar surface area (TPSA) is 140 Å². The van der Waals surface area contributed by atoms with Crippen LogP contribution in [0.4, 0.5) is 0 Å². The van der Waals surface area contributed by atoms with Crippen LogP contribution in [0.15, 0.2) is 21.9 Å². The molecule has 1 aromatic heterocycles. The molecule has 0 bridgehead atoms. The first-order chi connectivity index (χ1) is 10.3. The third-order valence-corrected chi connectivity index (χ3v) is 4.79. The fraction of sp³-hybridized carbons (Fsp3) is 0.636. The van der Waals surface area contributed by atoms with E-state index in [2.05, 4.69) is 9.71 Å². The van der Waals surface area contributed by atoms with Crippen LogP contribution < -0.4 is 16.0 Å². The predicted octanol–water partition coefficient (Wildman–Crippen LogP) is -2.64. The summed E-state index contributed by atoms with van der Waals surface area (Å²) >= 11 is 0. The van der Waals surface area contributed by atoms with Crippen molar-refractivity contribution in [2.45, 2.75) is 24.5 Å². The lowest BCUT2D eigenvalue weighted by Gasteiger charge is -2.19. The van der Waals surface area contributed by atoms with Crippen molar-refractivity contribution < 1.29 is 23.0 Å². The van der Waals surface area contributed by atoms with Gasteiger partial charge in [0.15, 0.2) is 6.23 Å². The Morgan fingerprint density at radius 3 is 2.73 bits per heavy atom. The Kier molecular flexibility index (Phi) is 4.82. The highest BCUT2D eigenvalue weighted by Gasteiger charge is 2.46. The first-order valence-corrected chi connectivity index (χ1v) is 8.03. The molecule has 0 unspecified atom stereocenters. The van der Waals surface area contributed by atoms with Crippen molar-refractivity contribution in [1.82, 2.24) is 14.3 Å². The first kappa shape index (κ1) is 16.8. The molecule has 1 aliphatic heterocycles. The number of methoxy groups -OCH3 is 1. The summed E-state index contributed by atoms with van der Waals surface area (Å²) in [5, 5.41) is 10.2. The minimum absolute atomic E-state index is 0.487. The number of sulfonamides is 1. The zero-order valence-corrected chi connectivity index (χ0v) is 12.7. The standard InChI is InChI=1S/C11H17N3O7S/c1-12-22(18,19)5-6-8(16)9(20-2)10(21-6)14-4-3-7(15)13-11(14)17/h3-4,6,8-10,12,16H,5H2,1-2H3,(H,13,15,17)/t6-,8-,9-,10-/m1/s1. The van der Waals surface area contributed by atoms with Gasteiger partial charge in [-0.1, -0.05) is 0 Å². The molecule has 11 heteroatoms. The van der Waals surface area contributed by atoms with Crippen molar-refractivity contribution in [3.63, 3.8) is 0 Å². The number of rotatable bonds is 5. The maximum Gasteiger partial charge on any atom is 0.330 e. The smallest absolute Gasteiger partial charge is 0.330 e. The number of hydrogen-bond acceptors (Lipinski definition) is 7. The number of aromatic nitrogens is 2. The Bertz CT molecular complexity index is 741. The number of ether oxygens (including phenoxy) is 2. The van der Waals surface area contributed by atoms with E-state index in [9.17, 15) is 23.1 Å². The highest BCUT2D eigenvalue weighted by Crippen LogP contribution is 2.30. The molecule has 1 fully saturated rings. The quantitative estimate of drug-likeness (QED) is 0.534. The molecule has 2 heterocycles. The SMILES string of the molecule is CNS(=O)(=O)C[C@H]1O[C@@H](n2ccc(=O)[nH]c2=O)[C@H](OC)[C@@H]1O. The van der Waals surface area contributed by atoms with Gasteiger partial charge < -0.3 is 14.6 Å². The summed E-state index contributed by atoms with van der Waals surface area (Å²) in [5.41, 5.74) is -1.33. The van der Waals surface area contributed by atoms with E-state index in [4.69, 9.17) is 9.47 Å². The van der Waals surface area contributed by atoms with Crippen LogP contribution in [0.25, 0.3) is 0 Å². The molecule has 0 radical (unpaired) electrons. The lowest BCUT2D eigenvalue weighted by molar-refractivity contribution is -0.0513. The van der Waals surface area contributed by atoms with E-state index in [1.807, 2.05) is 0 Å². The molecule has 0 saturated carbocycles. The average molecular weight is 335 g/mol. The molecular formula is C11H17N3O7S. The normalized spacial score (nSPS) is 28.9. The Morgan fingerprint density at radius 1 is 1.50 bits per heavy atom. The van der Waals surface area contributed by atoms with Crippen LogP contribution in [0.2, 0.25) is 0 Å². The molecule has 0 aromatic carbocycles. The van der Waals surface area contributed by atoms with Crippen LogP contribution >= 0.6 is 0 Å². The minimum atomic E-state index is -3.63. The summed E-state index contributed by atoms with van der Waals surface area (Å²) in [6.07, 6.45) is -3.15. The number of aliphatic hydroxyl groups excluding tert-OH is 1. The molecule has 1 saturated heterocycles. The number of nitrogens with one attached hydrogen (secondary N) is 2. The Morgan fingerprint density at radius 2 is 2.18 bits per heavy atom. The second-order valence-corrected chi connectivity index (χ2v) is 6.73. The van der Waals surface area contributed by atoms with Gasteiger partial charge in [-0.05, 0) is 7.05 Å². The summed E-state index contributed by atoms with van der Waals surface area (Å²) in [7, 11) is -1.08. The number of hydrogen-bond donors (Lipinski definition) is 3. The van der Waals surface area contributed by atoms with Crippen molar-refractivity contribution in [1.29, 1.82) is 0 Å². The van der Waals surface area contributed by atoms with Gasteiger partial charge in [-0.2, -0.15) is 0 Å². The van der Waals surface area contributed by atoms with E-state index in [-0.39, 0.29) is 0 Å². The predicted molar refractivity (Wildman–Crippen MR) is 74.9 cm³/mol. The van der Waals surface area contributed by atoms with E-state index in [1.54, 1.807) is 0 Å². The lowest BCUT2D eigenvalue weighted by Crippen LogP contribution is -2.40. The molecule has 3 N–H and O–H groups in total. The van der Waals surface area contributed by atoms with Gasteiger partial charge in [-0.15, -0.1) is 0 Å². The van der Waals surface area contributed by atoms with Crippen LogP contribution in [0.3, 0.4) is 0 Å². The highest BCUT2D eigenvalue weighted by molar-refractivity contribution is 7.89. The molecule has 22 heavy (non-hydrogen) atoms. The largest absolute Gasteiger partial charge is 0.387 e. The van der Waals surface area contributed by atoms with Gasteiger partial charge in [0.2, 0.25) is 10.0 Å². The van der Waals surface area contributed by atoms with Gasteiger partial charge in [0.1, 0.15) is 18.3 Å². The number of aromatic amines is 1. The van der Waals surface area contributed by atoms with Crippen LogP contribution in [-0.4, -0.2) is 61.3 Å². The monoisotopic (exact) mass is 335 g/mol. The number of aliphatic hydroxyl groups is 1. The maximum atomic E-state index is 11.8. The van der Waals surface area contributed by atoms with Crippen LogP contribution in [-0.2, 0) is 19.5 Å². The van der Waals surface area contributed by atoms with E-state index in [1.165, 1.54) is 20.4 Å². The van der Waals surface area contributed by atoms with Crippen LogP contribution in [0.5, 0.6) is 0 Å². The van der Waals surface area contributed by atoms with Crippen LogP contribution in [0.1, 0.15) is 6.23 Å². The third kappa shape index (κ3) is 3.28. The summed E-state index contributed by atoms with van der Waals surface area (Å²) in [6.45, 7) is 0. The molecule has 1 aromatic rings. The Labute approximate surface area is 125 Å². The van der Waals surface area contributed by atoms with E-state index in [0.29, 0.717) is 0 Å². The second kappa shape index (κ2) is 6.30. The molecule has 4 atom stereocenters. The molecule has 0 aliphatic carbocycles. The number of H-pyrrole nitrogens is 1. The zero-order valence-electron chi connectivity index (χ0n) is 11.9. The summed E-state index contributed by atoms with van der Waals surface area (Å²) in [4.78, 5) is 24.9. The van der Waals surface area contributed by atoms with Crippen molar-refractivity contribution in [3.8, 4) is 0 Å². The highest BCUT2D eigenvalue weighted by atomic mass is 32.2. The molecule has 0 spiro atoms. The maximum absolute atomic E-state index is 11.8. The molecule has 10 nitrogen and oxygen atoms in total. The van der Waals surface area contributed by atoms with Gasteiger partial charge >= 0.3 is 5.69 Å². The fourth-order valence-electron chi connectivity index (χ4n) is 2.26. The van der Waals surface area contributed by atoms with E-state index in [0.717, 1.165) is 10.6 Å². The Hall–Kier alpha value is -1.53. The van der Waals surface area contributed by atoms with E-state index < -0.39 is 51.6 Å². The second-order valence-electron chi connectivity index (χ2n) is 4.76. The summed E-state index contributed by atoms with van der Waals surface area (Å²) < 4.78 is 36.9. The van der Waals surface area contributed by atoms with Crippen molar-refractivity contribution in [3.05, 3.63) is 33.1 Å². The fourth-order valence-corrected chi connectivity index (χ4v) is 3.14. The van der Waals surface area contributed by atoms with Crippen molar-refractivity contribution in [2.75, 3.05) is 19.9 Å². The first-order valence-electron chi connectivity index (χ1n) is 6.38. The van der Waals surface area contributed by atoms with Gasteiger partial charge in [0, 0.05) is 19.4 Å². The molecule has 1 aliphatic rings. The molecule has 0 amide bonds. The van der Waals surface area contributed by atoms with Crippen molar-refractivity contribution in [2.24, 2.45) is 0 Å². The molecule has 2 rings (SSSR count). The lowest BCUT2D eigenvalue weighted by atomic mass is 10.1. The minimum Gasteiger partial charge on any atom is -0.387 e. The van der Waals surface area contributed by atoms with Gasteiger partial charge in [-0.3, -0.25) is 14.3 Å². The summed E-state index contributed by atoms with van der Waals surface area (Å²) in [5.74, 6) is -0.487. The van der Waals surface area contributed by atoms with Gasteiger partial charge in [0.05, 0.1) is 5.75 Å². The average Bonchev–Trinajstić information content (AvgIpc) is 2.74. The third-order valence-electron chi connectivity index (χ3n) is 3.40. The van der Waals surface area contributed by atoms with Crippen molar-refractivity contribution >= 4 is 10.0 Å². The van der Waals surface area contributed by atoms with Crippen LogP contribution in [0, 0.1) is 0 Å². The molecule has 124 valence electrons. The summed E-state index contributed by atoms with van der Waals surface area (Å²) in [6, 6.07) is 1.11. The molecular weight excluding hydrogens is 318 g/mol. The van der Waals surface area contributed by atoms with E-state index >= 15 is 0 Å². The number of nitrogens with zero attached hydrogens (tertiary/aromatic N) is 1. The van der Waals surface area contributed by atoms with Gasteiger partial charge in [-0.25, -0.2) is 17.9 Å². The van der Waals surface area contributed by atoms with Gasteiger partial charge in [0.25, 0.3) is 5.56 Å². The zero-order chi connectivity index (χ0) is 16.5.